The number of hydrogen-bond donors (Lipinski definition) is 2. The smallest absolute Gasteiger partial charge is 0.240 e. The fourth-order valence-corrected chi connectivity index (χ4v) is 5.57. The molecule has 0 radical (unpaired) electrons. The number of aromatic nitrogens is 1. The van der Waals surface area contributed by atoms with Gasteiger partial charge in [-0.05, 0) is 86.9 Å². The zero-order valence-electron chi connectivity index (χ0n) is 22.2. The molecule has 2 heterocycles. The van der Waals surface area contributed by atoms with Crippen LogP contribution in [0.25, 0.3) is 10.2 Å². The Morgan fingerprint density at radius 3 is 2.28 bits per heavy atom. The standard InChI is InChI=1S/C30H31FN4O3S/c1-4-35(5-2)18-23-17-24-27(39-23)26(12-15-32-24)38-25-11-10-22(16-19(25)3)34-29(37)30(13-14-30)28(36)33-21-8-6-20(31)7-9-21/h6-12,15-17H,4-5,13-14,18H2,1-3H3,(H,33,36)(H,34,37). The van der Waals surface area contributed by atoms with Gasteiger partial charge in [-0.25, -0.2) is 4.39 Å². The van der Waals surface area contributed by atoms with Gasteiger partial charge < -0.3 is 15.4 Å². The molecule has 2 amide bonds. The van der Waals surface area contributed by atoms with Crippen molar-refractivity contribution in [1.29, 1.82) is 0 Å². The van der Waals surface area contributed by atoms with Crippen molar-refractivity contribution in [2.45, 2.75) is 40.2 Å². The number of rotatable bonds is 10. The van der Waals surface area contributed by atoms with Gasteiger partial charge in [0.05, 0.1) is 10.2 Å². The third kappa shape index (κ3) is 5.79. The summed E-state index contributed by atoms with van der Waals surface area (Å²) in [5, 5.41) is 5.61. The van der Waals surface area contributed by atoms with Crippen LogP contribution in [-0.2, 0) is 16.1 Å². The SMILES string of the molecule is CCN(CC)Cc1cc2nccc(Oc3ccc(NC(=O)C4(C(=O)Nc5ccc(F)cc5)CC4)cc3C)c2s1. The van der Waals surface area contributed by atoms with Crippen LogP contribution in [-0.4, -0.2) is 34.8 Å². The number of amides is 2. The maximum absolute atomic E-state index is 13.2. The fourth-order valence-electron chi connectivity index (χ4n) is 4.47. The summed E-state index contributed by atoms with van der Waals surface area (Å²) in [5.41, 5.74) is 1.67. The Hall–Kier alpha value is -3.82. The number of hydrogen-bond acceptors (Lipinski definition) is 6. The molecule has 4 aromatic rings. The number of aryl methyl sites for hydroxylation is 1. The molecule has 5 rings (SSSR count). The van der Waals surface area contributed by atoms with Gasteiger partial charge in [0.1, 0.15) is 22.7 Å². The molecule has 1 aliphatic carbocycles. The molecule has 1 aliphatic rings. The van der Waals surface area contributed by atoms with Crippen molar-refractivity contribution in [2.75, 3.05) is 23.7 Å². The molecule has 0 aliphatic heterocycles. The molecule has 39 heavy (non-hydrogen) atoms. The van der Waals surface area contributed by atoms with E-state index in [1.807, 2.05) is 25.1 Å². The van der Waals surface area contributed by atoms with E-state index in [4.69, 9.17) is 4.74 Å². The van der Waals surface area contributed by atoms with Crippen molar-refractivity contribution in [3.63, 3.8) is 0 Å². The van der Waals surface area contributed by atoms with E-state index in [0.29, 0.717) is 30.0 Å². The number of benzene rings is 2. The molecule has 0 saturated heterocycles. The molecule has 9 heteroatoms. The molecule has 1 fully saturated rings. The average molecular weight is 547 g/mol. The van der Waals surface area contributed by atoms with Crippen LogP contribution in [0.1, 0.15) is 37.1 Å². The first kappa shape index (κ1) is 26.8. The molecule has 2 aromatic carbocycles. The normalized spacial score (nSPS) is 13.9. The second-order valence-electron chi connectivity index (χ2n) is 9.78. The van der Waals surface area contributed by atoms with E-state index in [2.05, 4.69) is 40.4 Å². The van der Waals surface area contributed by atoms with Crippen LogP contribution in [0.3, 0.4) is 0 Å². The first-order valence-corrected chi connectivity index (χ1v) is 13.9. The molecule has 0 spiro atoms. The molecule has 7 nitrogen and oxygen atoms in total. The summed E-state index contributed by atoms with van der Waals surface area (Å²) in [6.45, 7) is 9.09. The van der Waals surface area contributed by atoms with Gasteiger partial charge in [-0.15, -0.1) is 11.3 Å². The van der Waals surface area contributed by atoms with E-state index in [1.54, 1.807) is 23.6 Å². The average Bonchev–Trinajstić information content (AvgIpc) is 3.64. The number of halogens is 1. The van der Waals surface area contributed by atoms with Crippen molar-refractivity contribution < 1.29 is 18.7 Å². The lowest BCUT2D eigenvalue weighted by Crippen LogP contribution is -2.35. The van der Waals surface area contributed by atoms with Crippen LogP contribution in [0.5, 0.6) is 11.5 Å². The van der Waals surface area contributed by atoms with Crippen LogP contribution in [0.2, 0.25) is 0 Å². The van der Waals surface area contributed by atoms with Crippen molar-refractivity contribution in [3.05, 3.63) is 77.1 Å². The van der Waals surface area contributed by atoms with Gasteiger partial charge in [-0.1, -0.05) is 13.8 Å². The number of carbonyl (C=O) groups is 2. The van der Waals surface area contributed by atoms with Gasteiger partial charge in [-0.3, -0.25) is 19.5 Å². The van der Waals surface area contributed by atoms with Crippen molar-refractivity contribution in [2.24, 2.45) is 5.41 Å². The first-order chi connectivity index (χ1) is 18.8. The van der Waals surface area contributed by atoms with Gasteiger partial charge in [0.2, 0.25) is 11.8 Å². The topological polar surface area (TPSA) is 83.6 Å². The van der Waals surface area contributed by atoms with E-state index >= 15 is 0 Å². The maximum Gasteiger partial charge on any atom is 0.240 e. The highest BCUT2D eigenvalue weighted by molar-refractivity contribution is 7.19. The number of pyridine rings is 1. The number of fused-ring (bicyclic) bond motifs is 1. The maximum atomic E-state index is 13.2. The lowest BCUT2D eigenvalue weighted by molar-refractivity contribution is -0.131. The van der Waals surface area contributed by atoms with Gasteiger partial charge >= 0.3 is 0 Å². The number of thiophene rings is 1. The monoisotopic (exact) mass is 546 g/mol. The second kappa shape index (κ2) is 11.1. The summed E-state index contributed by atoms with van der Waals surface area (Å²) < 4.78 is 20.5. The summed E-state index contributed by atoms with van der Waals surface area (Å²) in [6, 6.07) is 14.9. The van der Waals surface area contributed by atoms with Crippen molar-refractivity contribution in [1.82, 2.24) is 9.88 Å². The molecule has 2 N–H and O–H groups in total. The zero-order valence-corrected chi connectivity index (χ0v) is 23.0. The predicted octanol–water partition coefficient (Wildman–Crippen LogP) is 6.74. The first-order valence-electron chi connectivity index (χ1n) is 13.1. The highest BCUT2D eigenvalue weighted by Gasteiger charge is 2.56. The lowest BCUT2D eigenvalue weighted by Gasteiger charge is -2.16. The number of ether oxygens (including phenoxy) is 1. The lowest BCUT2D eigenvalue weighted by atomic mass is 10.0. The van der Waals surface area contributed by atoms with Crippen LogP contribution < -0.4 is 15.4 Å². The molecule has 2 aromatic heterocycles. The fraction of sp³-hybridized carbons (Fsp3) is 0.300. The molecule has 0 unspecified atom stereocenters. The predicted molar refractivity (Wildman–Crippen MR) is 153 cm³/mol. The third-order valence-electron chi connectivity index (χ3n) is 7.07. The summed E-state index contributed by atoms with van der Waals surface area (Å²) in [7, 11) is 0. The Labute approximate surface area is 231 Å². The molecule has 202 valence electrons. The summed E-state index contributed by atoms with van der Waals surface area (Å²) in [6.07, 6.45) is 2.67. The van der Waals surface area contributed by atoms with Crippen LogP contribution in [0, 0.1) is 18.2 Å². The number of carbonyl (C=O) groups excluding carboxylic acids is 2. The largest absolute Gasteiger partial charge is 0.455 e. The summed E-state index contributed by atoms with van der Waals surface area (Å²) in [5.74, 6) is 0.282. The van der Waals surface area contributed by atoms with Crippen LogP contribution in [0.15, 0.2) is 60.8 Å². The molecule has 0 atom stereocenters. The number of nitrogens with zero attached hydrogens (tertiary/aromatic N) is 2. The minimum absolute atomic E-state index is 0.356. The van der Waals surface area contributed by atoms with Crippen molar-refractivity contribution in [3.8, 4) is 11.5 Å². The van der Waals surface area contributed by atoms with Crippen LogP contribution >= 0.6 is 11.3 Å². The van der Waals surface area contributed by atoms with Gasteiger partial charge in [0.25, 0.3) is 0 Å². The Morgan fingerprint density at radius 2 is 1.64 bits per heavy atom. The van der Waals surface area contributed by atoms with Crippen LogP contribution in [0.4, 0.5) is 15.8 Å². The quantitative estimate of drug-likeness (QED) is 0.215. The highest BCUT2D eigenvalue weighted by atomic mass is 32.1. The Kier molecular flexibility index (Phi) is 7.63. The summed E-state index contributed by atoms with van der Waals surface area (Å²) in [4.78, 5) is 34.0. The van der Waals surface area contributed by atoms with E-state index in [0.717, 1.165) is 41.2 Å². The molecular weight excluding hydrogens is 515 g/mol. The molecule has 1 saturated carbocycles. The van der Waals surface area contributed by atoms with E-state index in [-0.39, 0.29) is 11.8 Å². The third-order valence-corrected chi connectivity index (χ3v) is 8.20. The van der Waals surface area contributed by atoms with Gasteiger partial charge in [0, 0.05) is 35.1 Å². The van der Waals surface area contributed by atoms with E-state index in [9.17, 15) is 14.0 Å². The Morgan fingerprint density at radius 1 is 0.974 bits per heavy atom. The molecular formula is C30H31FN4O3S. The van der Waals surface area contributed by atoms with Gasteiger partial charge in [-0.2, -0.15) is 0 Å². The number of nitrogens with one attached hydrogen (secondary N) is 2. The Bertz CT molecular complexity index is 1510. The van der Waals surface area contributed by atoms with Crippen molar-refractivity contribution >= 4 is 44.7 Å². The van der Waals surface area contributed by atoms with E-state index in [1.165, 1.54) is 29.1 Å². The van der Waals surface area contributed by atoms with Gasteiger partial charge in [0.15, 0.2) is 0 Å². The highest BCUT2D eigenvalue weighted by Crippen LogP contribution is 2.47. The van der Waals surface area contributed by atoms with E-state index < -0.39 is 11.2 Å². The summed E-state index contributed by atoms with van der Waals surface area (Å²) >= 11 is 1.69. The Balaban J connectivity index is 1.27. The molecule has 0 bridgehead atoms. The second-order valence-corrected chi connectivity index (χ2v) is 10.9. The number of anilines is 2. The minimum Gasteiger partial charge on any atom is -0.455 e. The zero-order chi connectivity index (χ0) is 27.6. The minimum atomic E-state index is -1.12.